The number of nitrogens with zero attached hydrogens (tertiary/aromatic N) is 4. The van der Waals surface area contributed by atoms with E-state index in [1.54, 1.807) is 12.4 Å². The molecule has 0 amide bonds. The second-order valence-electron chi connectivity index (χ2n) is 6.71. The van der Waals surface area contributed by atoms with Crippen molar-refractivity contribution in [2.24, 2.45) is 0 Å². The van der Waals surface area contributed by atoms with Crippen LogP contribution in [0.25, 0.3) is 22.4 Å². The summed E-state index contributed by atoms with van der Waals surface area (Å²) >= 11 is 15.3. The van der Waals surface area contributed by atoms with Crippen LogP contribution >= 0.6 is 45.8 Å². The van der Waals surface area contributed by atoms with Crippen LogP contribution in [-0.4, -0.2) is 19.5 Å². The van der Waals surface area contributed by atoms with Gasteiger partial charge in [0, 0.05) is 27.6 Å². The van der Waals surface area contributed by atoms with E-state index in [-0.39, 0.29) is 0 Å². The van der Waals surface area contributed by atoms with E-state index in [2.05, 4.69) is 49.4 Å². The van der Waals surface area contributed by atoms with Crippen molar-refractivity contribution < 1.29 is 0 Å². The van der Waals surface area contributed by atoms with Crippen molar-refractivity contribution in [1.82, 2.24) is 19.5 Å². The molecule has 0 unspecified atom stereocenters. The van der Waals surface area contributed by atoms with Gasteiger partial charge in [-0.15, -0.1) is 0 Å². The van der Waals surface area contributed by atoms with Crippen molar-refractivity contribution in [1.29, 1.82) is 0 Å². The Morgan fingerprint density at radius 2 is 1.90 bits per heavy atom. The number of hydrogen-bond acceptors (Lipinski definition) is 4. The first-order chi connectivity index (χ1) is 14.0. The Morgan fingerprint density at radius 3 is 2.59 bits per heavy atom. The summed E-state index contributed by atoms with van der Waals surface area (Å²) in [5.74, 6) is 1.38. The molecule has 1 aromatic carbocycles. The zero-order valence-corrected chi connectivity index (χ0v) is 19.5. The van der Waals surface area contributed by atoms with Gasteiger partial charge in [0.25, 0.3) is 0 Å². The Morgan fingerprint density at radius 1 is 1.07 bits per heavy atom. The maximum atomic E-state index is 6.54. The smallest absolute Gasteiger partial charge is 0.149 e. The third-order valence-corrected chi connectivity index (χ3v) is 5.68. The molecule has 0 fully saturated rings. The first-order valence-electron chi connectivity index (χ1n) is 9.17. The molecule has 8 heteroatoms. The normalized spacial score (nSPS) is 11.2. The van der Waals surface area contributed by atoms with Crippen molar-refractivity contribution in [3.63, 3.8) is 0 Å². The highest BCUT2D eigenvalue weighted by atomic mass is 127. The maximum Gasteiger partial charge on any atom is 0.149 e. The zero-order chi connectivity index (χ0) is 20.5. The van der Waals surface area contributed by atoms with Gasteiger partial charge in [0.1, 0.15) is 11.6 Å². The van der Waals surface area contributed by atoms with E-state index in [1.165, 1.54) is 0 Å². The summed E-state index contributed by atoms with van der Waals surface area (Å²) in [7, 11) is 0. The SMILES string of the molecule is CCCn1c(-c2cnc(Nc3ccc(C)nc3)c(Cl)c2)nc2cc(I)cc(Cl)c21. The maximum absolute atomic E-state index is 6.54. The molecule has 5 nitrogen and oxygen atoms in total. The molecular formula is C21H18Cl2IN5. The van der Waals surface area contributed by atoms with Gasteiger partial charge in [-0.2, -0.15) is 0 Å². The van der Waals surface area contributed by atoms with Gasteiger partial charge in [-0.1, -0.05) is 30.1 Å². The van der Waals surface area contributed by atoms with Gasteiger partial charge in [-0.25, -0.2) is 9.97 Å². The number of hydrogen-bond donors (Lipinski definition) is 1. The molecule has 0 saturated heterocycles. The summed E-state index contributed by atoms with van der Waals surface area (Å²) in [4.78, 5) is 13.6. The van der Waals surface area contributed by atoms with Crippen LogP contribution in [0, 0.1) is 10.5 Å². The summed E-state index contributed by atoms with van der Waals surface area (Å²) in [6.45, 7) is 4.88. The predicted octanol–water partition coefficient (Wildman–Crippen LogP) is 6.87. The Balaban J connectivity index is 1.76. The van der Waals surface area contributed by atoms with Crippen LogP contribution in [0.3, 0.4) is 0 Å². The zero-order valence-electron chi connectivity index (χ0n) is 15.9. The molecule has 0 aliphatic carbocycles. The molecule has 0 spiro atoms. The van der Waals surface area contributed by atoms with Crippen molar-refractivity contribution in [2.45, 2.75) is 26.8 Å². The lowest BCUT2D eigenvalue weighted by Gasteiger charge is -2.11. The number of imidazole rings is 1. The number of nitrogens with one attached hydrogen (secondary N) is 1. The fourth-order valence-electron chi connectivity index (χ4n) is 3.18. The molecule has 0 aliphatic rings. The average molecular weight is 538 g/mol. The first kappa shape index (κ1) is 20.4. The molecule has 3 heterocycles. The van der Waals surface area contributed by atoms with Crippen LogP contribution in [0.2, 0.25) is 10.0 Å². The summed E-state index contributed by atoms with van der Waals surface area (Å²) in [5, 5.41) is 4.42. The van der Waals surface area contributed by atoms with Gasteiger partial charge in [0.2, 0.25) is 0 Å². The van der Waals surface area contributed by atoms with Crippen molar-refractivity contribution in [2.75, 3.05) is 5.32 Å². The highest BCUT2D eigenvalue weighted by Gasteiger charge is 2.17. The van der Waals surface area contributed by atoms with Crippen LogP contribution in [0.5, 0.6) is 0 Å². The number of aryl methyl sites for hydroxylation is 2. The van der Waals surface area contributed by atoms with Crippen molar-refractivity contribution >= 4 is 68.3 Å². The fraction of sp³-hybridized carbons (Fsp3) is 0.190. The van der Waals surface area contributed by atoms with Gasteiger partial charge in [0.15, 0.2) is 0 Å². The van der Waals surface area contributed by atoms with Crippen LogP contribution in [0.15, 0.2) is 42.7 Å². The second-order valence-corrected chi connectivity index (χ2v) is 8.77. The lowest BCUT2D eigenvalue weighted by atomic mass is 10.2. The molecule has 4 rings (SSSR count). The first-order valence-corrected chi connectivity index (χ1v) is 11.0. The predicted molar refractivity (Wildman–Crippen MR) is 128 cm³/mol. The standard InChI is InChI=1S/C21H18Cl2IN5/c1-3-6-29-19-16(22)8-14(24)9-18(19)28-21(29)13-7-17(23)20(26-10-13)27-15-5-4-12(2)25-11-15/h4-5,7-11H,3,6H2,1-2H3,(H,26,27). The summed E-state index contributed by atoms with van der Waals surface area (Å²) < 4.78 is 3.19. The highest BCUT2D eigenvalue weighted by molar-refractivity contribution is 14.1. The quantitative estimate of drug-likeness (QED) is 0.282. The monoisotopic (exact) mass is 537 g/mol. The Labute approximate surface area is 192 Å². The van der Waals surface area contributed by atoms with Crippen LogP contribution in [0.4, 0.5) is 11.5 Å². The molecule has 148 valence electrons. The van der Waals surface area contributed by atoms with Gasteiger partial charge in [-0.3, -0.25) is 4.98 Å². The number of fused-ring (bicyclic) bond motifs is 1. The van der Waals surface area contributed by atoms with Gasteiger partial charge < -0.3 is 9.88 Å². The van der Waals surface area contributed by atoms with Crippen LogP contribution in [-0.2, 0) is 6.54 Å². The minimum atomic E-state index is 0.513. The Bertz CT molecular complexity index is 1190. The third-order valence-electron chi connectivity index (χ3n) is 4.48. The Kier molecular flexibility index (Phi) is 5.94. The second kappa shape index (κ2) is 8.45. The fourth-order valence-corrected chi connectivity index (χ4v) is 4.50. The lowest BCUT2D eigenvalue weighted by molar-refractivity contribution is 0.704. The van der Waals surface area contributed by atoms with Crippen molar-refractivity contribution in [3.8, 4) is 11.4 Å². The van der Waals surface area contributed by atoms with E-state index < -0.39 is 0 Å². The summed E-state index contributed by atoms with van der Waals surface area (Å²) in [6.07, 6.45) is 4.50. The van der Waals surface area contributed by atoms with E-state index in [4.69, 9.17) is 28.2 Å². The number of halogens is 3. The largest absolute Gasteiger partial charge is 0.338 e. The minimum Gasteiger partial charge on any atom is -0.338 e. The highest BCUT2D eigenvalue weighted by Crippen LogP contribution is 2.33. The molecule has 0 saturated carbocycles. The molecule has 29 heavy (non-hydrogen) atoms. The van der Waals surface area contributed by atoms with E-state index >= 15 is 0 Å². The number of benzene rings is 1. The molecule has 1 N–H and O–H groups in total. The molecular weight excluding hydrogens is 520 g/mol. The minimum absolute atomic E-state index is 0.513. The molecule has 3 aromatic heterocycles. The number of pyridine rings is 2. The van der Waals surface area contributed by atoms with Crippen LogP contribution < -0.4 is 5.32 Å². The summed E-state index contributed by atoms with van der Waals surface area (Å²) in [5.41, 5.74) is 4.44. The number of rotatable bonds is 5. The molecule has 0 aliphatic heterocycles. The average Bonchev–Trinajstić information content (AvgIpc) is 3.04. The third kappa shape index (κ3) is 4.20. The van der Waals surface area contributed by atoms with E-state index in [1.807, 2.05) is 37.3 Å². The van der Waals surface area contributed by atoms with Gasteiger partial charge >= 0.3 is 0 Å². The van der Waals surface area contributed by atoms with E-state index in [0.29, 0.717) is 15.9 Å². The van der Waals surface area contributed by atoms with Gasteiger partial charge in [0.05, 0.1) is 33.0 Å². The number of aromatic nitrogens is 4. The topological polar surface area (TPSA) is 55.6 Å². The van der Waals surface area contributed by atoms with E-state index in [9.17, 15) is 0 Å². The summed E-state index contributed by atoms with van der Waals surface area (Å²) in [6, 6.07) is 9.74. The Hall–Kier alpha value is -1.90. The van der Waals surface area contributed by atoms with Crippen molar-refractivity contribution in [3.05, 3.63) is 62.0 Å². The molecule has 0 bridgehead atoms. The lowest BCUT2D eigenvalue weighted by Crippen LogP contribution is -2.01. The van der Waals surface area contributed by atoms with Crippen LogP contribution in [0.1, 0.15) is 19.0 Å². The molecule has 0 atom stereocenters. The number of anilines is 2. The van der Waals surface area contributed by atoms with Gasteiger partial charge in [-0.05, 0) is 66.3 Å². The molecule has 4 aromatic rings. The molecule has 0 radical (unpaired) electrons. The van der Waals surface area contributed by atoms with E-state index in [0.717, 1.165) is 50.3 Å².